The predicted octanol–water partition coefficient (Wildman–Crippen LogP) is 1.15. The summed E-state index contributed by atoms with van der Waals surface area (Å²) in [6.45, 7) is 1.07. The lowest BCUT2D eigenvalue weighted by Crippen LogP contribution is -2.36. The highest BCUT2D eigenvalue weighted by atomic mass is 19.1. The lowest BCUT2D eigenvalue weighted by molar-refractivity contribution is -0.128. The second-order valence-corrected chi connectivity index (χ2v) is 4.42. The van der Waals surface area contributed by atoms with Gasteiger partial charge in [-0.1, -0.05) is 12.1 Å². The summed E-state index contributed by atoms with van der Waals surface area (Å²) in [6, 6.07) is 4.80. The molecule has 1 aliphatic rings. The first-order valence-corrected chi connectivity index (χ1v) is 5.93. The van der Waals surface area contributed by atoms with Crippen molar-refractivity contribution in [3.63, 3.8) is 0 Å². The lowest BCUT2D eigenvalue weighted by Gasteiger charge is -2.13. The molecule has 0 bridgehead atoms. The number of rotatable bonds is 4. The molecular formula is C13H17FN2O2. The van der Waals surface area contributed by atoms with Gasteiger partial charge in [0.15, 0.2) is 11.6 Å². The zero-order valence-electron chi connectivity index (χ0n) is 10.6. The number of methoxy groups -OCH3 is 1. The monoisotopic (exact) mass is 252 g/mol. The molecule has 0 aromatic heterocycles. The molecule has 1 aromatic rings. The summed E-state index contributed by atoms with van der Waals surface area (Å²) < 4.78 is 18.8. The largest absolute Gasteiger partial charge is 0.494 e. The van der Waals surface area contributed by atoms with Gasteiger partial charge in [-0.3, -0.25) is 4.79 Å². The van der Waals surface area contributed by atoms with Gasteiger partial charge in [0.05, 0.1) is 13.2 Å². The highest BCUT2D eigenvalue weighted by molar-refractivity contribution is 5.83. The van der Waals surface area contributed by atoms with Gasteiger partial charge in [0, 0.05) is 25.7 Å². The van der Waals surface area contributed by atoms with Crippen LogP contribution in [0.15, 0.2) is 18.2 Å². The van der Waals surface area contributed by atoms with Gasteiger partial charge >= 0.3 is 0 Å². The summed E-state index contributed by atoms with van der Waals surface area (Å²) in [5, 5.41) is 3.08. The topological polar surface area (TPSA) is 41.6 Å². The predicted molar refractivity (Wildman–Crippen MR) is 65.8 cm³/mol. The molecule has 4 nitrogen and oxygen atoms in total. The number of halogens is 1. The van der Waals surface area contributed by atoms with Crippen molar-refractivity contribution in [3.8, 4) is 5.75 Å². The lowest BCUT2D eigenvalue weighted by atomic mass is 10.1. The molecule has 1 amide bonds. The molecule has 0 saturated carbocycles. The Morgan fingerprint density at radius 3 is 2.94 bits per heavy atom. The Kier molecular flexibility index (Phi) is 3.81. The summed E-state index contributed by atoms with van der Waals surface area (Å²) in [4.78, 5) is 13.4. The van der Waals surface area contributed by atoms with E-state index in [4.69, 9.17) is 4.74 Å². The molecule has 2 rings (SSSR count). The molecule has 1 saturated heterocycles. The number of nitrogens with zero attached hydrogens (tertiary/aromatic N) is 1. The Balaban J connectivity index is 2.00. The quantitative estimate of drug-likeness (QED) is 0.874. The molecule has 0 radical (unpaired) electrons. The number of carbonyl (C=O) groups is 1. The van der Waals surface area contributed by atoms with Gasteiger partial charge in [-0.25, -0.2) is 4.39 Å². The number of hydrogen-bond donors (Lipinski definition) is 1. The third-order valence-corrected chi connectivity index (χ3v) is 3.23. The Hall–Kier alpha value is -1.62. The van der Waals surface area contributed by atoms with Crippen molar-refractivity contribution in [2.75, 3.05) is 20.7 Å². The molecule has 0 spiro atoms. The maximum atomic E-state index is 13.9. The average molecular weight is 252 g/mol. The van der Waals surface area contributed by atoms with Gasteiger partial charge in [0.25, 0.3) is 0 Å². The fourth-order valence-corrected chi connectivity index (χ4v) is 2.10. The maximum Gasteiger partial charge on any atom is 0.239 e. The molecule has 98 valence electrons. The Bertz CT molecular complexity index is 451. The third kappa shape index (κ3) is 2.46. The molecule has 1 atom stereocenters. The molecule has 0 aliphatic carbocycles. The van der Waals surface area contributed by atoms with Crippen molar-refractivity contribution in [2.45, 2.75) is 19.0 Å². The summed E-state index contributed by atoms with van der Waals surface area (Å²) in [7, 11) is 3.21. The van der Waals surface area contributed by atoms with E-state index in [-0.39, 0.29) is 23.5 Å². The second kappa shape index (κ2) is 5.35. The number of likely N-dealkylation sites (N-methyl/N-ethyl adjacent to an activating group) is 1. The molecule has 5 heteroatoms. The van der Waals surface area contributed by atoms with Gasteiger partial charge in [-0.2, -0.15) is 0 Å². The molecule has 1 aromatic carbocycles. The smallest absolute Gasteiger partial charge is 0.239 e. The molecule has 1 N–H and O–H groups in total. The minimum Gasteiger partial charge on any atom is -0.494 e. The number of ether oxygens (including phenoxy) is 1. The molecule has 1 unspecified atom stereocenters. The van der Waals surface area contributed by atoms with Crippen LogP contribution in [0.25, 0.3) is 0 Å². The van der Waals surface area contributed by atoms with Crippen LogP contribution < -0.4 is 10.1 Å². The van der Waals surface area contributed by atoms with E-state index in [1.165, 1.54) is 7.11 Å². The van der Waals surface area contributed by atoms with E-state index in [2.05, 4.69) is 5.32 Å². The van der Waals surface area contributed by atoms with Crippen molar-refractivity contribution in [1.29, 1.82) is 0 Å². The standard InChI is InChI=1S/C13H17FN2O2/c1-16-7-6-10(13(16)17)15-8-9-4-3-5-11(18-2)12(9)14/h3-5,10,15H,6-8H2,1-2H3. The van der Waals surface area contributed by atoms with Crippen LogP contribution in [0.3, 0.4) is 0 Å². The summed E-state index contributed by atoms with van der Waals surface area (Å²) in [5.41, 5.74) is 0.511. The van der Waals surface area contributed by atoms with Crippen molar-refractivity contribution >= 4 is 5.91 Å². The Labute approximate surface area is 106 Å². The normalized spacial score (nSPS) is 19.4. The fraction of sp³-hybridized carbons (Fsp3) is 0.462. The van der Waals surface area contributed by atoms with E-state index in [1.54, 1.807) is 30.1 Å². The van der Waals surface area contributed by atoms with Gasteiger partial charge < -0.3 is 15.0 Å². The van der Waals surface area contributed by atoms with Crippen LogP contribution in [-0.4, -0.2) is 37.6 Å². The van der Waals surface area contributed by atoms with Gasteiger partial charge in [-0.15, -0.1) is 0 Å². The zero-order chi connectivity index (χ0) is 13.1. The molecule has 1 fully saturated rings. The maximum absolute atomic E-state index is 13.9. The van der Waals surface area contributed by atoms with E-state index < -0.39 is 0 Å². The second-order valence-electron chi connectivity index (χ2n) is 4.42. The summed E-state index contributed by atoms with van der Waals surface area (Å²) in [6.07, 6.45) is 0.765. The van der Waals surface area contributed by atoms with Crippen LogP contribution in [0.2, 0.25) is 0 Å². The Morgan fingerprint density at radius 1 is 1.56 bits per heavy atom. The molecule has 18 heavy (non-hydrogen) atoms. The third-order valence-electron chi connectivity index (χ3n) is 3.23. The average Bonchev–Trinajstić information content (AvgIpc) is 2.69. The number of nitrogens with one attached hydrogen (secondary N) is 1. The Morgan fingerprint density at radius 2 is 2.33 bits per heavy atom. The van der Waals surface area contributed by atoms with Crippen molar-refractivity contribution < 1.29 is 13.9 Å². The number of benzene rings is 1. The molecule has 1 heterocycles. The van der Waals surface area contributed by atoms with Crippen molar-refractivity contribution in [3.05, 3.63) is 29.6 Å². The van der Waals surface area contributed by atoms with E-state index in [1.807, 2.05) is 0 Å². The SMILES string of the molecule is COc1cccc(CNC2CCN(C)C2=O)c1F. The fourth-order valence-electron chi connectivity index (χ4n) is 2.10. The van der Waals surface area contributed by atoms with E-state index in [0.29, 0.717) is 12.1 Å². The van der Waals surface area contributed by atoms with Gasteiger partial charge in [0.2, 0.25) is 5.91 Å². The van der Waals surface area contributed by atoms with Crippen molar-refractivity contribution in [2.24, 2.45) is 0 Å². The van der Waals surface area contributed by atoms with Crippen LogP contribution >= 0.6 is 0 Å². The summed E-state index contributed by atoms with van der Waals surface area (Å²) in [5.74, 6) is -0.0752. The van der Waals surface area contributed by atoms with Crippen LogP contribution in [0.5, 0.6) is 5.75 Å². The highest BCUT2D eigenvalue weighted by Crippen LogP contribution is 2.20. The minimum absolute atomic E-state index is 0.0679. The molecule has 1 aliphatic heterocycles. The number of carbonyl (C=O) groups excluding carboxylic acids is 1. The highest BCUT2D eigenvalue weighted by Gasteiger charge is 2.28. The van der Waals surface area contributed by atoms with Crippen LogP contribution in [-0.2, 0) is 11.3 Å². The first kappa shape index (κ1) is 12.8. The van der Waals surface area contributed by atoms with Gasteiger partial charge in [0.1, 0.15) is 0 Å². The summed E-state index contributed by atoms with van der Waals surface area (Å²) >= 11 is 0. The van der Waals surface area contributed by atoms with Gasteiger partial charge in [-0.05, 0) is 12.5 Å². The zero-order valence-corrected chi connectivity index (χ0v) is 10.6. The molecular weight excluding hydrogens is 235 g/mol. The number of likely N-dealkylation sites (tertiary alicyclic amines) is 1. The minimum atomic E-state index is -0.369. The van der Waals surface area contributed by atoms with Crippen LogP contribution in [0.1, 0.15) is 12.0 Å². The van der Waals surface area contributed by atoms with Crippen molar-refractivity contribution in [1.82, 2.24) is 10.2 Å². The number of hydrogen-bond acceptors (Lipinski definition) is 3. The van der Waals surface area contributed by atoms with Crippen LogP contribution in [0, 0.1) is 5.82 Å². The first-order valence-electron chi connectivity index (χ1n) is 5.93. The van der Waals surface area contributed by atoms with E-state index in [9.17, 15) is 9.18 Å². The van der Waals surface area contributed by atoms with Crippen LogP contribution in [0.4, 0.5) is 4.39 Å². The first-order chi connectivity index (χ1) is 8.63. The van der Waals surface area contributed by atoms with E-state index in [0.717, 1.165) is 13.0 Å². The van der Waals surface area contributed by atoms with E-state index >= 15 is 0 Å². The number of amides is 1.